The van der Waals surface area contributed by atoms with Gasteiger partial charge < -0.3 is 14.7 Å². The predicted octanol–water partition coefficient (Wildman–Crippen LogP) is 3.99. The number of benzene rings is 2. The van der Waals surface area contributed by atoms with Crippen LogP contribution in [0.5, 0.6) is 5.75 Å². The van der Waals surface area contributed by atoms with Crippen molar-refractivity contribution < 1.29 is 19.4 Å². The van der Waals surface area contributed by atoms with E-state index in [1.165, 1.54) is 0 Å². The maximum atomic E-state index is 13.1. The van der Waals surface area contributed by atoms with E-state index in [4.69, 9.17) is 4.74 Å². The quantitative estimate of drug-likeness (QED) is 0.490. The van der Waals surface area contributed by atoms with Gasteiger partial charge in [0, 0.05) is 18.0 Å². The Bertz CT molecular complexity index is 1000. The van der Waals surface area contributed by atoms with Gasteiger partial charge in [0.15, 0.2) is 0 Å². The molecule has 0 spiro atoms. The SMILES string of the molecule is O=C1C(=O)N(C2CCCC2)C(c2ccccc2)/C1=C(/O)c1ccc2c(c1)CCO2. The first-order valence-electron chi connectivity index (χ1n) is 10.3. The number of ether oxygens (including phenoxy) is 1. The average molecular weight is 389 g/mol. The Morgan fingerprint density at radius 3 is 2.55 bits per heavy atom. The molecule has 2 aliphatic heterocycles. The molecule has 2 fully saturated rings. The molecule has 3 aliphatic rings. The van der Waals surface area contributed by atoms with Crippen LogP contribution < -0.4 is 4.74 Å². The molecule has 2 aromatic rings. The zero-order valence-corrected chi connectivity index (χ0v) is 16.1. The number of fused-ring (bicyclic) bond motifs is 1. The summed E-state index contributed by atoms with van der Waals surface area (Å²) in [5.41, 5.74) is 2.60. The van der Waals surface area contributed by atoms with E-state index >= 15 is 0 Å². The molecule has 1 amide bonds. The van der Waals surface area contributed by atoms with Crippen LogP contribution in [-0.4, -0.2) is 34.3 Å². The Morgan fingerprint density at radius 2 is 1.79 bits per heavy atom. The Morgan fingerprint density at radius 1 is 1.03 bits per heavy atom. The van der Waals surface area contributed by atoms with E-state index in [1.54, 1.807) is 11.0 Å². The molecule has 5 heteroatoms. The van der Waals surface area contributed by atoms with Gasteiger partial charge >= 0.3 is 0 Å². The highest BCUT2D eigenvalue weighted by atomic mass is 16.5. The molecular formula is C24H23NO4. The molecule has 2 heterocycles. The number of carbonyl (C=O) groups is 2. The van der Waals surface area contributed by atoms with Gasteiger partial charge in [0.05, 0.1) is 18.2 Å². The van der Waals surface area contributed by atoms with E-state index in [0.717, 1.165) is 49.0 Å². The topological polar surface area (TPSA) is 66.8 Å². The molecule has 5 rings (SSSR count). The van der Waals surface area contributed by atoms with Gasteiger partial charge in [0.1, 0.15) is 11.5 Å². The Balaban J connectivity index is 1.65. The monoisotopic (exact) mass is 389 g/mol. The van der Waals surface area contributed by atoms with Crippen LogP contribution in [0.4, 0.5) is 0 Å². The molecule has 0 bridgehead atoms. The van der Waals surface area contributed by atoms with Crippen molar-refractivity contribution in [3.63, 3.8) is 0 Å². The minimum atomic E-state index is -0.597. The van der Waals surface area contributed by atoms with Crippen LogP contribution in [0, 0.1) is 0 Å². The molecule has 148 valence electrons. The Hall–Kier alpha value is -3.08. The average Bonchev–Trinajstić information content (AvgIpc) is 3.48. The van der Waals surface area contributed by atoms with Crippen molar-refractivity contribution in [1.82, 2.24) is 4.90 Å². The number of hydrogen-bond donors (Lipinski definition) is 1. The van der Waals surface area contributed by atoms with Crippen molar-refractivity contribution in [2.75, 3.05) is 6.61 Å². The number of amides is 1. The van der Waals surface area contributed by atoms with Crippen LogP contribution in [-0.2, 0) is 16.0 Å². The number of carbonyl (C=O) groups excluding carboxylic acids is 2. The molecule has 1 N–H and O–H groups in total. The fraction of sp³-hybridized carbons (Fsp3) is 0.333. The summed E-state index contributed by atoms with van der Waals surface area (Å²) in [7, 11) is 0. The van der Waals surface area contributed by atoms with Gasteiger partial charge in [-0.3, -0.25) is 9.59 Å². The van der Waals surface area contributed by atoms with E-state index in [1.807, 2.05) is 42.5 Å². The molecule has 0 radical (unpaired) electrons. The van der Waals surface area contributed by atoms with Crippen molar-refractivity contribution in [2.24, 2.45) is 0 Å². The predicted molar refractivity (Wildman–Crippen MR) is 108 cm³/mol. The summed E-state index contributed by atoms with van der Waals surface area (Å²) in [6.07, 6.45) is 4.67. The Kier molecular flexibility index (Phi) is 4.38. The molecule has 2 aromatic carbocycles. The smallest absolute Gasteiger partial charge is 0.295 e. The standard InChI is InChI=1S/C24H23NO4/c26-22(17-10-11-19-16(14-17)12-13-29-19)20-21(15-6-2-1-3-7-15)25(24(28)23(20)27)18-8-4-5-9-18/h1-3,6-7,10-11,14,18,21,26H,4-5,8-9,12-13H2/b22-20-. The first-order valence-corrected chi connectivity index (χ1v) is 10.3. The fourth-order valence-electron chi connectivity index (χ4n) is 4.86. The van der Waals surface area contributed by atoms with E-state index in [0.29, 0.717) is 12.2 Å². The maximum absolute atomic E-state index is 13.1. The third-order valence-electron chi connectivity index (χ3n) is 6.28. The van der Waals surface area contributed by atoms with E-state index in [2.05, 4.69) is 0 Å². The van der Waals surface area contributed by atoms with E-state index in [-0.39, 0.29) is 17.4 Å². The van der Waals surface area contributed by atoms with Gasteiger partial charge in [-0.1, -0.05) is 43.2 Å². The maximum Gasteiger partial charge on any atom is 0.295 e. The van der Waals surface area contributed by atoms with Gasteiger partial charge in [0.2, 0.25) is 0 Å². The molecule has 1 saturated heterocycles. The number of likely N-dealkylation sites (tertiary alicyclic amines) is 1. The number of aliphatic hydroxyl groups excluding tert-OH is 1. The second-order valence-electron chi connectivity index (χ2n) is 7.98. The molecular weight excluding hydrogens is 366 g/mol. The summed E-state index contributed by atoms with van der Waals surface area (Å²) >= 11 is 0. The van der Waals surface area contributed by atoms with Crippen molar-refractivity contribution in [1.29, 1.82) is 0 Å². The van der Waals surface area contributed by atoms with Crippen LogP contribution >= 0.6 is 0 Å². The van der Waals surface area contributed by atoms with Gasteiger partial charge in [-0.05, 0) is 42.2 Å². The summed E-state index contributed by atoms with van der Waals surface area (Å²) in [5.74, 6) is -0.392. The summed E-state index contributed by atoms with van der Waals surface area (Å²) < 4.78 is 5.54. The minimum absolute atomic E-state index is 0.0374. The first-order chi connectivity index (χ1) is 14.1. The second kappa shape index (κ2) is 7.07. The van der Waals surface area contributed by atoms with Crippen molar-refractivity contribution in [3.05, 3.63) is 70.8 Å². The molecule has 0 aromatic heterocycles. The Labute approximate surface area is 169 Å². The lowest BCUT2D eigenvalue weighted by molar-refractivity contribution is -0.141. The number of ketones is 1. The van der Waals surface area contributed by atoms with Crippen molar-refractivity contribution in [3.8, 4) is 5.75 Å². The summed E-state index contributed by atoms with van der Waals surface area (Å²) in [4.78, 5) is 27.8. The largest absolute Gasteiger partial charge is 0.507 e. The first kappa shape index (κ1) is 18.0. The number of Topliss-reactive ketones (excluding diaryl/α,β-unsaturated/α-hetero) is 1. The lowest BCUT2D eigenvalue weighted by Crippen LogP contribution is -2.37. The summed E-state index contributed by atoms with van der Waals surface area (Å²) in [6, 6.07) is 14.5. The summed E-state index contributed by atoms with van der Waals surface area (Å²) in [6.45, 7) is 0.621. The molecule has 1 atom stereocenters. The molecule has 5 nitrogen and oxygen atoms in total. The number of rotatable bonds is 3. The van der Waals surface area contributed by atoms with Crippen LogP contribution in [0.2, 0.25) is 0 Å². The van der Waals surface area contributed by atoms with Crippen molar-refractivity contribution >= 4 is 17.4 Å². The second-order valence-corrected chi connectivity index (χ2v) is 7.98. The molecule has 1 aliphatic carbocycles. The zero-order chi connectivity index (χ0) is 20.0. The normalized spacial score (nSPS) is 23.4. The van der Waals surface area contributed by atoms with Gasteiger partial charge in [-0.15, -0.1) is 0 Å². The molecule has 1 unspecified atom stereocenters. The fourth-order valence-corrected chi connectivity index (χ4v) is 4.86. The summed E-state index contributed by atoms with van der Waals surface area (Å²) in [5, 5.41) is 11.2. The van der Waals surface area contributed by atoms with Crippen LogP contribution in [0.1, 0.15) is 48.4 Å². The number of hydrogen-bond acceptors (Lipinski definition) is 4. The number of nitrogens with zero attached hydrogens (tertiary/aromatic N) is 1. The zero-order valence-electron chi connectivity index (χ0n) is 16.1. The minimum Gasteiger partial charge on any atom is -0.507 e. The highest BCUT2D eigenvalue weighted by molar-refractivity contribution is 6.46. The lowest BCUT2D eigenvalue weighted by Gasteiger charge is -2.30. The van der Waals surface area contributed by atoms with Gasteiger partial charge in [-0.2, -0.15) is 0 Å². The van der Waals surface area contributed by atoms with Gasteiger partial charge in [0.25, 0.3) is 11.7 Å². The van der Waals surface area contributed by atoms with Crippen LogP contribution in [0.15, 0.2) is 54.1 Å². The van der Waals surface area contributed by atoms with Crippen molar-refractivity contribution in [2.45, 2.75) is 44.2 Å². The molecule has 1 saturated carbocycles. The lowest BCUT2D eigenvalue weighted by atomic mass is 9.94. The number of aliphatic hydroxyl groups is 1. The van der Waals surface area contributed by atoms with Gasteiger partial charge in [-0.25, -0.2) is 0 Å². The molecule has 29 heavy (non-hydrogen) atoms. The van der Waals surface area contributed by atoms with Crippen LogP contribution in [0.25, 0.3) is 5.76 Å². The van der Waals surface area contributed by atoms with E-state index in [9.17, 15) is 14.7 Å². The van der Waals surface area contributed by atoms with Crippen LogP contribution in [0.3, 0.4) is 0 Å². The third kappa shape index (κ3) is 2.92. The highest BCUT2D eigenvalue weighted by Gasteiger charge is 2.49. The highest BCUT2D eigenvalue weighted by Crippen LogP contribution is 2.43. The van der Waals surface area contributed by atoms with E-state index < -0.39 is 17.7 Å². The third-order valence-corrected chi connectivity index (χ3v) is 6.28.